The summed E-state index contributed by atoms with van der Waals surface area (Å²) in [5.41, 5.74) is 5.34. The zero-order valence-corrected chi connectivity index (χ0v) is 14.5. The van der Waals surface area contributed by atoms with Crippen LogP contribution < -0.4 is 5.32 Å². The Hall–Kier alpha value is -2.69. The molecule has 5 nitrogen and oxygen atoms in total. The quantitative estimate of drug-likeness (QED) is 0.766. The fraction of sp³-hybridized carbons (Fsp3) is 0.350. The van der Waals surface area contributed by atoms with Gasteiger partial charge in [-0.2, -0.15) is 0 Å². The predicted molar refractivity (Wildman–Crippen MR) is 96.9 cm³/mol. The van der Waals surface area contributed by atoms with E-state index in [1.165, 1.54) is 24.0 Å². The first-order valence-corrected chi connectivity index (χ1v) is 8.81. The molecule has 25 heavy (non-hydrogen) atoms. The van der Waals surface area contributed by atoms with E-state index >= 15 is 0 Å². The molecule has 0 aliphatic heterocycles. The molecule has 0 saturated heterocycles. The van der Waals surface area contributed by atoms with E-state index in [1.807, 2.05) is 32.0 Å². The number of amides is 1. The molecular formula is C20H21N3O2. The molecule has 1 amide bonds. The molecule has 1 aliphatic carbocycles. The lowest BCUT2D eigenvalue weighted by Crippen LogP contribution is -2.15. The van der Waals surface area contributed by atoms with E-state index in [0.717, 1.165) is 29.6 Å². The maximum Gasteiger partial charge on any atom is 0.257 e. The zero-order valence-electron chi connectivity index (χ0n) is 14.5. The van der Waals surface area contributed by atoms with Crippen LogP contribution in [0.1, 0.15) is 59.8 Å². The van der Waals surface area contributed by atoms with Crippen molar-refractivity contribution in [3.05, 3.63) is 52.8 Å². The molecule has 0 fully saturated rings. The summed E-state index contributed by atoms with van der Waals surface area (Å²) in [5, 5.41) is 7.93. The van der Waals surface area contributed by atoms with Gasteiger partial charge in [0.1, 0.15) is 0 Å². The fourth-order valence-corrected chi connectivity index (χ4v) is 3.48. The number of benzene rings is 1. The average Bonchev–Trinajstić information content (AvgIpc) is 3.05. The summed E-state index contributed by atoms with van der Waals surface area (Å²) in [5.74, 6) is 0.0618. The maximum atomic E-state index is 12.7. The lowest BCUT2D eigenvalue weighted by Gasteiger charge is -2.19. The normalized spacial score (nSPS) is 13.9. The summed E-state index contributed by atoms with van der Waals surface area (Å²) in [6, 6.07) is 7.97. The van der Waals surface area contributed by atoms with Gasteiger partial charge in [-0.05, 0) is 54.9 Å². The van der Waals surface area contributed by atoms with Gasteiger partial charge in [-0.15, -0.1) is 0 Å². The molecule has 0 atom stereocenters. The second-order valence-corrected chi connectivity index (χ2v) is 6.90. The van der Waals surface area contributed by atoms with Crippen LogP contribution in [0.25, 0.3) is 11.1 Å². The number of hydrogen-bond donors (Lipinski definition) is 1. The van der Waals surface area contributed by atoms with Crippen LogP contribution in [0.3, 0.4) is 0 Å². The minimum atomic E-state index is -0.149. The Bertz CT molecular complexity index is 943. The van der Waals surface area contributed by atoms with E-state index in [1.54, 1.807) is 6.20 Å². The van der Waals surface area contributed by atoms with Gasteiger partial charge in [-0.3, -0.25) is 4.79 Å². The highest BCUT2D eigenvalue weighted by atomic mass is 16.5. The van der Waals surface area contributed by atoms with Crippen LogP contribution in [-0.2, 0) is 12.8 Å². The fourth-order valence-electron chi connectivity index (χ4n) is 3.48. The van der Waals surface area contributed by atoms with Gasteiger partial charge in [0.15, 0.2) is 0 Å². The van der Waals surface area contributed by atoms with Gasteiger partial charge in [-0.1, -0.05) is 31.1 Å². The van der Waals surface area contributed by atoms with Gasteiger partial charge in [0, 0.05) is 11.9 Å². The molecule has 1 aromatic carbocycles. The average molecular weight is 335 g/mol. The van der Waals surface area contributed by atoms with Gasteiger partial charge in [0.2, 0.25) is 0 Å². The van der Waals surface area contributed by atoms with Crippen molar-refractivity contribution < 1.29 is 9.32 Å². The highest BCUT2D eigenvalue weighted by molar-refractivity contribution is 6.06. The number of pyridine rings is 1. The van der Waals surface area contributed by atoms with Crippen LogP contribution in [0.2, 0.25) is 0 Å². The molecule has 0 radical (unpaired) electrons. The summed E-state index contributed by atoms with van der Waals surface area (Å²) in [7, 11) is 0. The van der Waals surface area contributed by atoms with Gasteiger partial charge >= 0.3 is 0 Å². The van der Waals surface area contributed by atoms with Crippen molar-refractivity contribution in [2.45, 2.75) is 45.4 Å². The van der Waals surface area contributed by atoms with E-state index in [2.05, 4.69) is 21.5 Å². The number of nitrogens with zero attached hydrogens (tertiary/aromatic N) is 2. The van der Waals surface area contributed by atoms with Crippen molar-refractivity contribution in [2.24, 2.45) is 0 Å². The second-order valence-electron chi connectivity index (χ2n) is 6.90. The molecule has 0 bridgehead atoms. The lowest BCUT2D eigenvalue weighted by atomic mass is 9.90. The maximum absolute atomic E-state index is 12.7. The second kappa shape index (κ2) is 6.31. The minimum absolute atomic E-state index is 0.149. The third-order valence-corrected chi connectivity index (χ3v) is 4.81. The topological polar surface area (TPSA) is 68.0 Å². The Kier molecular flexibility index (Phi) is 3.99. The van der Waals surface area contributed by atoms with Crippen molar-refractivity contribution in [3.63, 3.8) is 0 Å². The molecule has 2 heterocycles. The van der Waals surface area contributed by atoms with Crippen LogP contribution >= 0.6 is 0 Å². The van der Waals surface area contributed by atoms with E-state index in [-0.39, 0.29) is 11.8 Å². The molecule has 1 aliphatic rings. The Morgan fingerprint density at radius 3 is 2.92 bits per heavy atom. The van der Waals surface area contributed by atoms with E-state index in [0.29, 0.717) is 11.3 Å². The van der Waals surface area contributed by atoms with Crippen LogP contribution in [0.5, 0.6) is 0 Å². The smallest absolute Gasteiger partial charge is 0.257 e. The van der Waals surface area contributed by atoms with Crippen molar-refractivity contribution in [3.8, 4) is 0 Å². The van der Waals surface area contributed by atoms with Crippen molar-refractivity contribution >= 4 is 22.7 Å². The molecule has 2 aromatic heterocycles. The monoisotopic (exact) mass is 335 g/mol. The van der Waals surface area contributed by atoms with Crippen molar-refractivity contribution in [1.29, 1.82) is 0 Å². The summed E-state index contributed by atoms with van der Waals surface area (Å²) >= 11 is 0. The Morgan fingerprint density at radius 1 is 1.24 bits per heavy atom. The molecule has 1 N–H and O–H groups in total. The number of aryl methyl sites for hydroxylation is 1. The van der Waals surface area contributed by atoms with Gasteiger partial charge in [-0.25, -0.2) is 4.98 Å². The van der Waals surface area contributed by atoms with Gasteiger partial charge in [0.25, 0.3) is 11.6 Å². The lowest BCUT2D eigenvalue weighted by molar-refractivity contribution is 0.102. The van der Waals surface area contributed by atoms with Crippen molar-refractivity contribution in [2.75, 3.05) is 5.32 Å². The van der Waals surface area contributed by atoms with Crippen LogP contribution in [0, 0.1) is 0 Å². The molecular weight excluding hydrogens is 314 g/mol. The van der Waals surface area contributed by atoms with Gasteiger partial charge < -0.3 is 9.84 Å². The molecule has 4 rings (SSSR count). The number of hydrogen-bond acceptors (Lipinski definition) is 4. The third-order valence-electron chi connectivity index (χ3n) is 4.81. The number of carbonyl (C=O) groups excluding carboxylic acids is 1. The van der Waals surface area contributed by atoms with Crippen LogP contribution in [-0.4, -0.2) is 16.0 Å². The molecule has 0 unspecified atom stereocenters. The predicted octanol–water partition coefficient (Wildman–Crippen LogP) is 4.48. The van der Waals surface area contributed by atoms with Crippen molar-refractivity contribution in [1.82, 2.24) is 10.1 Å². The number of nitrogens with one attached hydrogen (secondary N) is 1. The first-order chi connectivity index (χ1) is 12.1. The SMILES string of the molecule is CC(C)c1noc2ncc(C(=O)Nc3cccc4c3CCCC4)cc12. The van der Waals surface area contributed by atoms with Crippen LogP contribution in [0.4, 0.5) is 5.69 Å². The Labute approximate surface area is 146 Å². The highest BCUT2D eigenvalue weighted by Gasteiger charge is 2.18. The largest absolute Gasteiger partial charge is 0.336 e. The number of fused-ring (bicyclic) bond motifs is 2. The first-order valence-electron chi connectivity index (χ1n) is 8.81. The number of carbonyl (C=O) groups is 1. The summed E-state index contributed by atoms with van der Waals surface area (Å²) < 4.78 is 5.24. The molecule has 0 spiro atoms. The standard InChI is InChI=1S/C20H21N3O2/c1-12(2)18-16-10-14(11-21-20(16)25-23-18)19(24)22-17-9-5-7-13-6-3-4-8-15(13)17/h5,7,9-12H,3-4,6,8H2,1-2H3,(H,22,24). The van der Waals surface area contributed by atoms with E-state index < -0.39 is 0 Å². The molecule has 5 heteroatoms. The summed E-state index contributed by atoms with van der Waals surface area (Å²) in [6.45, 7) is 4.08. The third kappa shape index (κ3) is 2.90. The van der Waals surface area contributed by atoms with Gasteiger partial charge in [0.05, 0.1) is 16.6 Å². The minimum Gasteiger partial charge on any atom is -0.336 e. The van der Waals surface area contributed by atoms with E-state index in [9.17, 15) is 4.79 Å². The number of anilines is 1. The Morgan fingerprint density at radius 2 is 2.08 bits per heavy atom. The van der Waals surface area contributed by atoms with Crippen LogP contribution in [0.15, 0.2) is 35.0 Å². The zero-order chi connectivity index (χ0) is 17.4. The number of rotatable bonds is 3. The van der Waals surface area contributed by atoms with E-state index in [4.69, 9.17) is 4.52 Å². The Balaban J connectivity index is 1.65. The molecule has 3 aromatic rings. The highest BCUT2D eigenvalue weighted by Crippen LogP contribution is 2.29. The molecule has 0 saturated carbocycles. The first kappa shape index (κ1) is 15.8. The summed E-state index contributed by atoms with van der Waals surface area (Å²) in [4.78, 5) is 17.0. The number of aromatic nitrogens is 2. The molecule has 128 valence electrons. The summed E-state index contributed by atoms with van der Waals surface area (Å²) in [6.07, 6.45) is 6.04.